The Balaban J connectivity index is 2.28. The van der Waals surface area contributed by atoms with Gasteiger partial charge in [0, 0.05) is 11.4 Å². The first-order valence-corrected chi connectivity index (χ1v) is 8.22. The zero-order valence-corrected chi connectivity index (χ0v) is 14.2. The highest BCUT2D eigenvalue weighted by Crippen LogP contribution is 2.30. The largest absolute Gasteiger partial charge is 0.369 e. The number of nitrogens with two attached hydrogens (primary N) is 1. The van der Waals surface area contributed by atoms with E-state index in [9.17, 15) is 0 Å². The fourth-order valence-corrected chi connectivity index (χ4v) is 3.58. The second-order valence-electron chi connectivity index (χ2n) is 6.15. The van der Waals surface area contributed by atoms with E-state index < -0.39 is 0 Å². The minimum Gasteiger partial charge on any atom is -0.369 e. The Morgan fingerprint density at radius 2 is 1.86 bits per heavy atom. The lowest BCUT2D eigenvalue weighted by Gasteiger charge is -2.25. The third kappa shape index (κ3) is 3.63. The average Bonchev–Trinajstić information content (AvgIpc) is 2.78. The maximum atomic E-state index is 5.47. The minimum atomic E-state index is 0.456. The number of thiophene rings is 1. The van der Waals surface area contributed by atoms with Crippen LogP contribution < -0.4 is 16.6 Å². The lowest BCUT2D eigenvalue weighted by Crippen LogP contribution is -2.25. The summed E-state index contributed by atoms with van der Waals surface area (Å²) in [6, 6.07) is 2.13. The van der Waals surface area contributed by atoms with Crippen molar-refractivity contribution in [2.45, 2.75) is 34.6 Å². The number of anilines is 2. The molecule has 0 spiro atoms. The molecule has 0 saturated heterocycles. The summed E-state index contributed by atoms with van der Waals surface area (Å²) in [5, 5.41) is 4.57. The number of aryl methyl sites for hydroxylation is 1. The SMILES string of the molecule is Cc1cc2c(NCC(C(C)C)C(C)C)nc(NN)nc2s1. The maximum absolute atomic E-state index is 5.47. The smallest absolute Gasteiger partial charge is 0.240 e. The summed E-state index contributed by atoms with van der Waals surface area (Å²) in [6.07, 6.45) is 0. The van der Waals surface area contributed by atoms with Gasteiger partial charge in [-0.2, -0.15) is 4.98 Å². The zero-order chi connectivity index (χ0) is 15.6. The van der Waals surface area contributed by atoms with Crippen LogP contribution in [0.25, 0.3) is 10.2 Å². The molecule has 0 saturated carbocycles. The van der Waals surface area contributed by atoms with Crippen LogP contribution >= 0.6 is 11.3 Å². The van der Waals surface area contributed by atoms with E-state index in [-0.39, 0.29) is 0 Å². The molecule has 0 atom stereocenters. The lowest BCUT2D eigenvalue weighted by molar-refractivity contribution is 0.304. The molecule has 0 radical (unpaired) electrons. The van der Waals surface area contributed by atoms with E-state index in [1.54, 1.807) is 11.3 Å². The van der Waals surface area contributed by atoms with E-state index in [0.717, 1.165) is 22.6 Å². The van der Waals surface area contributed by atoms with Crippen molar-refractivity contribution in [3.05, 3.63) is 10.9 Å². The predicted molar refractivity (Wildman–Crippen MR) is 91.6 cm³/mol. The molecule has 2 rings (SSSR count). The number of nitrogens with zero attached hydrogens (tertiary/aromatic N) is 2. The van der Waals surface area contributed by atoms with Gasteiger partial charge in [0.05, 0.1) is 5.39 Å². The number of fused-ring (bicyclic) bond motifs is 1. The molecule has 2 aromatic heterocycles. The highest BCUT2D eigenvalue weighted by atomic mass is 32.1. The van der Waals surface area contributed by atoms with Crippen molar-refractivity contribution >= 4 is 33.3 Å². The molecule has 0 bridgehead atoms. The number of aromatic nitrogens is 2. The molecule has 0 fully saturated rings. The van der Waals surface area contributed by atoms with Crippen LogP contribution in [-0.4, -0.2) is 16.5 Å². The van der Waals surface area contributed by atoms with Crippen LogP contribution in [0.5, 0.6) is 0 Å². The molecule has 2 heterocycles. The van der Waals surface area contributed by atoms with Gasteiger partial charge >= 0.3 is 0 Å². The van der Waals surface area contributed by atoms with Crippen LogP contribution in [0, 0.1) is 24.7 Å². The van der Waals surface area contributed by atoms with E-state index in [1.807, 2.05) is 0 Å². The molecular formula is C15H25N5S. The van der Waals surface area contributed by atoms with Crippen LogP contribution in [0.4, 0.5) is 11.8 Å². The minimum absolute atomic E-state index is 0.456. The Kier molecular flexibility index (Phi) is 5.00. The zero-order valence-electron chi connectivity index (χ0n) is 13.4. The van der Waals surface area contributed by atoms with Gasteiger partial charge in [-0.1, -0.05) is 27.7 Å². The molecule has 0 aromatic carbocycles. The van der Waals surface area contributed by atoms with Crippen molar-refractivity contribution in [1.82, 2.24) is 9.97 Å². The standard InChI is InChI=1S/C15H25N5S/c1-8(2)12(9(3)4)7-17-13-11-6-10(5)21-14(11)19-15(18-13)20-16/h6,8-9,12H,7,16H2,1-5H3,(H2,17,18,19,20). The third-order valence-electron chi connectivity index (χ3n) is 3.86. The number of nitrogen functional groups attached to an aromatic ring is 1. The van der Waals surface area contributed by atoms with Gasteiger partial charge in [-0.25, -0.2) is 10.8 Å². The van der Waals surface area contributed by atoms with Crippen molar-refractivity contribution in [2.24, 2.45) is 23.6 Å². The fraction of sp³-hybridized carbons (Fsp3) is 0.600. The van der Waals surface area contributed by atoms with Crippen LogP contribution in [0.1, 0.15) is 32.6 Å². The predicted octanol–water partition coefficient (Wildman–Crippen LogP) is 3.63. The first-order chi connectivity index (χ1) is 9.92. The van der Waals surface area contributed by atoms with Crippen LogP contribution in [-0.2, 0) is 0 Å². The van der Waals surface area contributed by atoms with E-state index in [0.29, 0.717) is 23.7 Å². The van der Waals surface area contributed by atoms with Crippen LogP contribution in [0.2, 0.25) is 0 Å². The first kappa shape index (κ1) is 16.0. The average molecular weight is 307 g/mol. The maximum Gasteiger partial charge on any atom is 0.240 e. The number of hydrazine groups is 1. The number of hydrogen-bond donors (Lipinski definition) is 3. The Morgan fingerprint density at radius 3 is 2.43 bits per heavy atom. The van der Waals surface area contributed by atoms with Crippen molar-refractivity contribution < 1.29 is 0 Å². The highest BCUT2D eigenvalue weighted by Gasteiger charge is 2.18. The Bertz CT molecular complexity index is 597. The van der Waals surface area contributed by atoms with Gasteiger partial charge in [0.2, 0.25) is 5.95 Å². The molecule has 0 aliphatic carbocycles. The molecular weight excluding hydrogens is 282 g/mol. The van der Waals surface area contributed by atoms with Gasteiger partial charge in [0.25, 0.3) is 0 Å². The Morgan fingerprint density at radius 1 is 1.19 bits per heavy atom. The van der Waals surface area contributed by atoms with Gasteiger partial charge < -0.3 is 5.32 Å². The van der Waals surface area contributed by atoms with Gasteiger partial charge in [-0.05, 0) is 30.7 Å². The second kappa shape index (κ2) is 6.58. The molecule has 4 N–H and O–H groups in total. The summed E-state index contributed by atoms with van der Waals surface area (Å²) in [5.41, 5.74) is 2.55. The van der Waals surface area contributed by atoms with E-state index >= 15 is 0 Å². The molecule has 6 heteroatoms. The summed E-state index contributed by atoms with van der Waals surface area (Å²) in [5.74, 6) is 8.65. The molecule has 0 aliphatic heterocycles. The van der Waals surface area contributed by atoms with Gasteiger partial charge in [-0.15, -0.1) is 11.3 Å². The van der Waals surface area contributed by atoms with Crippen molar-refractivity contribution in [3.63, 3.8) is 0 Å². The summed E-state index contributed by atoms with van der Waals surface area (Å²) in [7, 11) is 0. The van der Waals surface area contributed by atoms with E-state index in [4.69, 9.17) is 5.84 Å². The van der Waals surface area contributed by atoms with Gasteiger partial charge in [-0.3, -0.25) is 5.43 Å². The van der Waals surface area contributed by atoms with E-state index in [2.05, 4.69) is 61.4 Å². The third-order valence-corrected chi connectivity index (χ3v) is 4.81. The van der Waals surface area contributed by atoms with Gasteiger partial charge in [0.15, 0.2) is 0 Å². The van der Waals surface area contributed by atoms with Crippen LogP contribution in [0.3, 0.4) is 0 Å². The first-order valence-electron chi connectivity index (χ1n) is 7.41. The summed E-state index contributed by atoms with van der Waals surface area (Å²) in [4.78, 5) is 11.1. The van der Waals surface area contributed by atoms with Crippen LogP contribution in [0.15, 0.2) is 6.07 Å². The molecule has 5 nitrogen and oxygen atoms in total. The molecule has 21 heavy (non-hydrogen) atoms. The Hall–Kier alpha value is -1.40. The molecule has 0 aliphatic rings. The van der Waals surface area contributed by atoms with Gasteiger partial charge in [0.1, 0.15) is 10.6 Å². The van der Waals surface area contributed by atoms with Crippen molar-refractivity contribution in [3.8, 4) is 0 Å². The second-order valence-corrected chi connectivity index (χ2v) is 7.38. The molecule has 0 unspecified atom stereocenters. The number of hydrogen-bond acceptors (Lipinski definition) is 6. The normalized spacial score (nSPS) is 11.9. The monoisotopic (exact) mass is 307 g/mol. The van der Waals surface area contributed by atoms with Crippen molar-refractivity contribution in [2.75, 3.05) is 17.3 Å². The van der Waals surface area contributed by atoms with E-state index in [1.165, 1.54) is 4.88 Å². The molecule has 2 aromatic rings. The van der Waals surface area contributed by atoms with Crippen molar-refractivity contribution in [1.29, 1.82) is 0 Å². The molecule has 0 amide bonds. The summed E-state index contributed by atoms with van der Waals surface area (Å²) >= 11 is 1.66. The summed E-state index contributed by atoms with van der Waals surface area (Å²) in [6.45, 7) is 12.1. The highest BCUT2D eigenvalue weighted by molar-refractivity contribution is 7.18. The lowest BCUT2D eigenvalue weighted by atomic mass is 9.85. The summed E-state index contributed by atoms with van der Waals surface area (Å²) < 4.78 is 0. The number of nitrogens with one attached hydrogen (secondary N) is 2. The number of rotatable bonds is 6. The Labute approximate surface area is 130 Å². The topological polar surface area (TPSA) is 75.9 Å². The fourth-order valence-electron chi connectivity index (χ4n) is 2.70. The molecule has 116 valence electrons. The quantitative estimate of drug-likeness (QED) is 0.561.